The van der Waals surface area contributed by atoms with Crippen LogP contribution in [0.15, 0.2) is 57.7 Å². The molecule has 0 aliphatic heterocycles. The van der Waals surface area contributed by atoms with E-state index in [1.165, 1.54) is 12.1 Å². The number of methoxy groups -OCH3 is 1. The second-order valence-corrected chi connectivity index (χ2v) is 6.90. The van der Waals surface area contributed by atoms with Gasteiger partial charge in [0.15, 0.2) is 6.61 Å². The number of carbonyl (C=O) groups is 2. The van der Waals surface area contributed by atoms with E-state index >= 15 is 0 Å². The van der Waals surface area contributed by atoms with Crippen molar-refractivity contribution in [2.75, 3.05) is 13.7 Å². The number of rotatable bonds is 9. The first-order valence-corrected chi connectivity index (χ1v) is 9.78. The zero-order valence-electron chi connectivity index (χ0n) is 17.2. The van der Waals surface area contributed by atoms with Crippen LogP contribution in [0.5, 0.6) is 11.5 Å². The summed E-state index contributed by atoms with van der Waals surface area (Å²) in [6.07, 6.45) is 0.953. The smallest absolute Gasteiger partial charge is 0.336 e. The molecule has 8 nitrogen and oxygen atoms in total. The molecule has 0 fully saturated rings. The van der Waals surface area contributed by atoms with Crippen LogP contribution in [0, 0.1) is 0 Å². The molecular formula is C23H23NO7. The Morgan fingerprint density at radius 3 is 2.45 bits per heavy atom. The molecule has 0 saturated carbocycles. The monoisotopic (exact) mass is 425 g/mol. The molecule has 2 N–H and O–H groups in total. The third-order valence-corrected chi connectivity index (χ3v) is 4.70. The largest absolute Gasteiger partial charge is 0.497 e. The Morgan fingerprint density at radius 1 is 1.10 bits per heavy atom. The number of carboxylic acids is 1. The van der Waals surface area contributed by atoms with E-state index in [4.69, 9.17) is 19.0 Å². The number of fused-ring (bicyclic) bond motifs is 1. The maximum atomic E-state index is 12.1. The van der Waals surface area contributed by atoms with Crippen molar-refractivity contribution in [3.63, 3.8) is 0 Å². The molecule has 1 atom stereocenters. The van der Waals surface area contributed by atoms with Gasteiger partial charge >= 0.3 is 11.6 Å². The van der Waals surface area contributed by atoms with Gasteiger partial charge in [-0.1, -0.05) is 25.5 Å². The van der Waals surface area contributed by atoms with Gasteiger partial charge in [-0.15, -0.1) is 0 Å². The van der Waals surface area contributed by atoms with Crippen LogP contribution in [-0.4, -0.2) is 36.7 Å². The molecule has 1 aromatic heterocycles. The fraction of sp³-hybridized carbons (Fsp3) is 0.261. The number of carbonyl (C=O) groups excluding carboxylic acids is 1. The van der Waals surface area contributed by atoms with E-state index in [9.17, 15) is 14.4 Å². The summed E-state index contributed by atoms with van der Waals surface area (Å²) in [5.41, 5.74) is 1.31. The van der Waals surface area contributed by atoms with Gasteiger partial charge in [0.05, 0.1) is 7.11 Å². The molecule has 0 aliphatic rings. The number of hydrogen-bond acceptors (Lipinski definition) is 6. The molecule has 3 rings (SSSR count). The van der Waals surface area contributed by atoms with Crippen LogP contribution >= 0.6 is 0 Å². The minimum absolute atomic E-state index is 0.311. The SMILES string of the molecule is CCCC(NC(=O)COc1ccc2c(-c3ccc(OC)cc3)cc(=O)oc2c1)C(=O)O. The van der Waals surface area contributed by atoms with Gasteiger partial charge in [0, 0.05) is 17.5 Å². The average Bonchev–Trinajstić information content (AvgIpc) is 2.76. The first-order chi connectivity index (χ1) is 14.9. The van der Waals surface area contributed by atoms with Crippen molar-refractivity contribution in [2.24, 2.45) is 0 Å². The highest BCUT2D eigenvalue weighted by atomic mass is 16.5. The van der Waals surface area contributed by atoms with Crippen LogP contribution in [0.4, 0.5) is 0 Å². The van der Waals surface area contributed by atoms with E-state index in [0.717, 1.165) is 5.56 Å². The lowest BCUT2D eigenvalue weighted by Crippen LogP contribution is -2.42. The number of hydrogen-bond donors (Lipinski definition) is 2. The third kappa shape index (κ3) is 5.42. The number of carboxylic acid groups (broad SMARTS) is 1. The Morgan fingerprint density at radius 2 is 1.81 bits per heavy atom. The van der Waals surface area contributed by atoms with Crippen molar-refractivity contribution in [3.8, 4) is 22.6 Å². The molecule has 0 saturated heterocycles. The van der Waals surface area contributed by atoms with E-state index in [1.54, 1.807) is 31.4 Å². The molecule has 2 aromatic carbocycles. The predicted octanol–water partition coefficient (Wildman–Crippen LogP) is 3.22. The van der Waals surface area contributed by atoms with E-state index in [-0.39, 0.29) is 6.61 Å². The molecule has 1 heterocycles. The van der Waals surface area contributed by atoms with Crippen LogP contribution in [-0.2, 0) is 9.59 Å². The topological polar surface area (TPSA) is 115 Å². The van der Waals surface area contributed by atoms with Gasteiger partial charge in [-0.05, 0) is 41.8 Å². The number of ether oxygens (including phenoxy) is 2. The number of aliphatic carboxylic acids is 1. The molecule has 0 aliphatic carbocycles. The molecule has 0 spiro atoms. The Bertz CT molecular complexity index is 1130. The number of nitrogens with one attached hydrogen (secondary N) is 1. The quantitative estimate of drug-likeness (QED) is 0.506. The molecule has 31 heavy (non-hydrogen) atoms. The van der Waals surface area contributed by atoms with Crippen molar-refractivity contribution in [1.29, 1.82) is 0 Å². The maximum absolute atomic E-state index is 12.1. The predicted molar refractivity (Wildman–Crippen MR) is 114 cm³/mol. The molecule has 0 radical (unpaired) electrons. The van der Waals surface area contributed by atoms with Gasteiger partial charge in [-0.3, -0.25) is 4.79 Å². The normalized spacial score (nSPS) is 11.7. The second-order valence-electron chi connectivity index (χ2n) is 6.90. The first kappa shape index (κ1) is 21.9. The lowest BCUT2D eigenvalue weighted by Gasteiger charge is -2.14. The summed E-state index contributed by atoms with van der Waals surface area (Å²) in [6.45, 7) is 1.48. The van der Waals surface area contributed by atoms with E-state index in [1.807, 2.05) is 19.1 Å². The van der Waals surface area contributed by atoms with Crippen molar-refractivity contribution in [2.45, 2.75) is 25.8 Å². The standard InChI is InChI=1S/C23H23NO7/c1-3-4-19(23(27)28)24-21(25)13-30-16-9-10-17-18(12-22(26)31-20(17)11-16)14-5-7-15(29-2)8-6-14/h5-12,19H,3-4,13H2,1-2H3,(H,24,25)(H,27,28). The minimum atomic E-state index is -1.09. The van der Waals surface area contributed by atoms with Crippen LogP contribution in [0.25, 0.3) is 22.1 Å². The highest BCUT2D eigenvalue weighted by molar-refractivity contribution is 5.94. The van der Waals surface area contributed by atoms with Crippen LogP contribution in [0.1, 0.15) is 19.8 Å². The summed E-state index contributed by atoms with van der Waals surface area (Å²) in [5.74, 6) is -0.614. The van der Waals surface area contributed by atoms with Crippen molar-refractivity contribution >= 4 is 22.8 Å². The Hall–Kier alpha value is -3.81. The van der Waals surface area contributed by atoms with Crippen molar-refractivity contribution in [1.82, 2.24) is 5.32 Å². The number of amides is 1. The van der Waals surface area contributed by atoms with Gasteiger partial charge in [0.1, 0.15) is 23.1 Å². The van der Waals surface area contributed by atoms with E-state index in [2.05, 4.69) is 5.32 Å². The summed E-state index contributed by atoms with van der Waals surface area (Å²) in [6, 6.07) is 12.7. The van der Waals surface area contributed by atoms with Gasteiger partial charge in [0.25, 0.3) is 5.91 Å². The molecule has 162 valence electrons. The fourth-order valence-electron chi connectivity index (χ4n) is 3.17. The highest BCUT2D eigenvalue weighted by Gasteiger charge is 2.19. The summed E-state index contributed by atoms with van der Waals surface area (Å²) in [7, 11) is 1.58. The Kier molecular flexibility index (Phi) is 6.92. The highest BCUT2D eigenvalue weighted by Crippen LogP contribution is 2.30. The van der Waals surface area contributed by atoms with Crippen molar-refractivity contribution < 1.29 is 28.6 Å². The summed E-state index contributed by atoms with van der Waals surface area (Å²) < 4.78 is 15.9. The van der Waals surface area contributed by atoms with Crippen LogP contribution in [0.3, 0.4) is 0 Å². The molecule has 1 amide bonds. The van der Waals surface area contributed by atoms with E-state index < -0.39 is 23.5 Å². The van der Waals surface area contributed by atoms with Gasteiger partial charge in [-0.2, -0.15) is 0 Å². The third-order valence-electron chi connectivity index (χ3n) is 4.70. The molecule has 0 bridgehead atoms. The average molecular weight is 425 g/mol. The Balaban J connectivity index is 1.79. The van der Waals surface area contributed by atoms with Crippen molar-refractivity contribution in [3.05, 3.63) is 59.0 Å². The molecule has 8 heteroatoms. The zero-order valence-corrected chi connectivity index (χ0v) is 17.2. The zero-order chi connectivity index (χ0) is 22.4. The minimum Gasteiger partial charge on any atom is -0.497 e. The van der Waals surface area contributed by atoms with Crippen LogP contribution < -0.4 is 20.4 Å². The number of benzene rings is 2. The van der Waals surface area contributed by atoms with Gasteiger partial charge in [0.2, 0.25) is 0 Å². The Labute approximate surface area is 178 Å². The van der Waals surface area contributed by atoms with Gasteiger partial charge in [-0.25, -0.2) is 9.59 Å². The molecule has 3 aromatic rings. The lowest BCUT2D eigenvalue weighted by molar-refractivity contribution is -0.142. The molecule has 1 unspecified atom stereocenters. The second kappa shape index (κ2) is 9.80. The summed E-state index contributed by atoms with van der Waals surface area (Å²) >= 11 is 0. The maximum Gasteiger partial charge on any atom is 0.336 e. The fourth-order valence-corrected chi connectivity index (χ4v) is 3.17. The lowest BCUT2D eigenvalue weighted by atomic mass is 10.0. The first-order valence-electron chi connectivity index (χ1n) is 9.78. The molecular weight excluding hydrogens is 402 g/mol. The summed E-state index contributed by atoms with van der Waals surface area (Å²) in [5, 5.41) is 12.3. The van der Waals surface area contributed by atoms with Gasteiger partial charge < -0.3 is 24.3 Å². The van der Waals surface area contributed by atoms with Crippen LogP contribution in [0.2, 0.25) is 0 Å². The summed E-state index contributed by atoms with van der Waals surface area (Å²) in [4.78, 5) is 35.3. The van der Waals surface area contributed by atoms with E-state index in [0.29, 0.717) is 40.9 Å².